The number of piperidine rings is 1. The van der Waals surface area contributed by atoms with Crippen LogP contribution < -0.4 is 0 Å². The Kier molecular flexibility index (Phi) is 2.59. The van der Waals surface area contributed by atoms with Gasteiger partial charge in [-0.2, -0.15) is 0 Å². The number of rotatable bonds is 1. The number of fused-ring (bicyclic) bond motifs is 1. The largest absolute Gasteiger partial charge is 0.296 e. The van der Waals surface area contributed by atoms with Gasteiger partial charge in [-0.1, -0.05) is 12.5 Å². The summed E-state index contributed by atoms with van der Waals surface area (Å²) in [6, 6.07) is 4.57. The topological polar surface area (TPSA) is 33.4 Å². The summed E-state index contributed by atoms with van der Waals surface area (Å²) in [5.74, 6) is 1.09. The minimum atomic E-state index is 0.417. The minimum Gasteiger partial charge on any atom is -0.296 e. The van der Waals surface area contributed by atoms with E-state index < -0.39 is 0 Å². The average molecular weight is 230 g/mol. The maximum Gasteiger partial charge on any atom is 0.163 e. The van der Waals surface area contributed by atoms with E-state index in [2.05, 4.69) is 51.8 Å². The van der Waals surface area contributed by atoms with Crippen molar-refractivity contribution >= 4 is 5.65 Å². The highest BCUT2D eigenvalue weighted by Gasteiger charge is 2.25. The predicted octanol–water partition coefficient (Wildman–Crippen LogP) is 2.19. The highest BCUT2D eigenvalue weighted by molar-refractivity contribution is 5.46. The third-order valence-corrected chi connectivity index (χ3v) is 3.72. The summed E-state index contributed by atoms with van der Waals surface area (Å²) in [5.41, 5.74) is 2.17. The van der Waals surface area contributed by atoms with Crippen LogP contribution in [0.2, 0.25) is 0 Å². The second-order valence-corrected chi connectivity index (χ2v) is 4.94. The molecule has 1 fully saturated rings. The fourth-order valence-electron chi connectivity index (χ4n) is 2.70. The second-order valence-electron chi connectivity index (χ2n) is 4.94. The molecular weight excluding hydrogens is 212 g/mol. The second kappa shape index (κ2) is 4.11. The van der Waals surface area contributed by atoms with Gasteiger partial charge in [-0.05, 0) is 45.0 Å². The van der Waals surface area contributed by atoms with Crippen LogP contribution in [0.5, 0.6) is 0 Å². The van der Waals surface area contributed by atoms with Crippen molar-refractivity contribution in [2.75, 3.05) is 13.6 Å². The van der Waals surface area contributed by atoms with E-state index in [9.17, 15) is 0 Å². The van der Waals surface area contributed by atoms with E-state index in [-0.39, 0.29) is 0 Å². The first-order chi connectivity index (χ1) is 8.27. The molecule has 0 saturated carbocycles. The van der Waals surface area contributed by atoms with Crippen LogP contribution in [0.15, 0.2) is 18.3 Å². The Morgan fingerprint density at radius 2 is 2.18 bits per heavy atom. The van der Waals surface area contributed by atoms with Crippen molar-refractivity contribution in [1.29, 1.82) is 0 Å². The lowest BCUT2D eigenvalue weighted by Crippen LogP contribution is -2.30. The molecular formula is C13H18N4. The molecule has 1 aliphatic rings. The molecule has 0 radical (unpaired) electrons. The summed E-state index contributed by atoms with van der Waals surface area (Å²) < 4.78 is 2.14. The molecule has 17 heavy (non-hydrogen) atoms. The van der Waals surface area contributed by atoms with Gasteiger partial charge in [0.25, 0.3) is 0 Å². The van der Waals surface area contributed by atoms with Crippen LogP contribution in [0.4, 0.5) is 0 Å². The summed E-state index contributed by atoms with van der Waals surface area (Å²) in [5, 5.41) is 8.72. The first-order valence-electron chi connectivity index (χ1n) is 6.28. The van der Waals surface area contributed by atoms with E-state index in [0.29, 0.717) is 6.04 Å². The van der Waals surface area contributed by atoms with Crippen molar-refractivity contribution in [3.63, 3.8) is 0 Å². The van der Waals surface area contributed by atoms with Gasteiger partial charge in [0.05, 0.1) is 6.04 Å². The van der Waals surface area contributed by atoms with E-state index >= 15 is 0 Å². The van der Waals surface area contributed by atoms with Crippen LogP contribution in [0.3, 0.4) is 0 Å². The average Bonchev–Trinajstić information content (AvgIpc) is 2.75. The first kappa shape index (κ1) is 10.7. The Hall–Kier alpha value is -1.42. The van der Waals surface area contributed by atoms with E-state index in [1.165, 1.54) is 24.8 Å². The summed E-state index contributed by atoms with van der Waals surface area (Å²) in [6.45, 7) is 3.24. The molecule has 0 spiro atoms. The molecule has 0 amide bonds. The maximum absolute atomic E-state index is 4.40. The molecule has 1 unspecified atom stereocenters. The van der Waals surface area contributed by atoms with Crippen LogP contribution in [-0.4, -0.2) is 33.1 Å². The van der Waals surface area contributed by atoms with E-state index in [4.69, 9.17) is 0 Å². The fraction of sp³-hybridized carbons (Fsp3) is 0.538. The van der Waals surface area contributed by atoms with Crippen LogP contribution in [0.1, 0.15) is 36.7 Å². The maximum atomic E-state index is 4.40. The first-order valence-corrected chi connectivity index (χ1v) is 6.28. The van der Waals surface area contributed by atoms with Gasteiger partial charge in [0.15, 0.2) is 11.5 Å². The molecule has 0 aliphatic carbocycles. The zero-order valence-corrected chi connectivity index (χ0v) is 10.4. The number of aromatic nitrogens is 3. The molecule has 0 aromatic carbocycles. The predicted molar refractivity (Wildman–Crippen MR) is 66.9 cm³/mol. The third kappa shape index (κ3) is 1.72. The Morgan fingerprint density at radius 3 is 3.00 bits per heavy atom. The number of aryl methyl sites for hydroxylation is 1. The SMILES string of the molecule is Cc1cccn2c(C3CCCCN3C)nnc12. The molecule has 4 heteroatoms. The third-order valence-electron chi connectivity index (χ3n) is 3.72. The van der Waals surface area contributed by atoms with E-state index in [1.54, 1.807) is 0 Å². The normalized spacial score (nSPS) is 22.1. The molecule has 0 N–H and O–H groups in total. The molecule has 1 atom stereocenters. The smallest absolute Gasteiger partial charge is 0.163 e. The van der Waals surface area contributed by atoms with Crippen molar-refractivity contribution in [1.82, 2.24) is 19.5 Å². The van der Waals surface area contributed by atoms with Gasteiger partial charge in [-0.3, -0.25) is 9.30 Å². The molecule has 2 aromatic heterocycles. The fourth-order valence-corrected chi connectivity index (χ4v) is 2.70. The summed E-state index contributed by atoms with van der Waals surface area (Å²) in [4.78, 5) is 2.39. The summed E-state index contributed by atoms with van der Waals surface area (Å²) in [7, 11) is 2.18. The standard InChI is InChI=1S/C13H18N4/c1-10-6-5-9-17-12(10)14-15-13(17)11-7-3-4-8-16(11)2/h5-6,9,11H,3-4,7-8H2,1-2H3. The summed E-state index contributed by atoms with van der Waals surface area (Å²) >= 11 is 0. The summed E-state index contributed by atoms with van der Waals surface area (Å²) in [6.07, 6.45) is 5.84. The highest BCUT2D eigenvalue weighted by atomic mass is 15.3. The monoisotopic (exact) mass is 230 g/mol. The molecule has 2 aromatic rings. The van der Waals surface area contributed by atoms with Gasteiger partial charge in [0.1, 0.15) is 0 Å². The van der Waals surface area contributed by atoms with Crippen LogP contribution in [-0.2, 0) is 0 Å². The molecule has 3 rings (SSSR count). The number of likely N-dealkylation sites (tertiary alicyclic amines) is 1. The van der Waals surface area contributed by atoms with Crippen LogP contribution in [0.25, 0.3) is 5.65 Å². The lowest BCUT2D eigenvalue weighted by atomic mass is 10.0. The Labute approximate surface area is 101 Å². The molecule has 3 heterocycles. The van der Waals surface area contributed by atoms with Gasteiger partial charge in [-0.25, -0.2) is 0 Å². The molecule has 90 valence electrons. The van der Waals surface area contributed by atoms with Gasteiger partial charge >= 0.3 is 0 Å². The van der Waals surface area contributed by atoms with Crippen molar-refractivity contribution in [3.8, 4) is 0 Å². The van der Waals surface area contributed by atoms with Crippen LogP contribution >= 0.6 is 0 Å². The highest BCUT2D eigenvalue weighted by Crippen LogP contribution is 2.28. The molecule has 1 saturated heterocycles. The lowest BCUT2D eigenvalue weighted by Gasteiger charge is -2.31. The quantitative estimate of drug-likeness (QED) is 0.753. The van der Waals surface area contributed by atoms with Crippen molar-refractivity contribution in [2.24, 2.45) is 0 Å². The zero-order chi connectivity index (χ0) is 11.8. The molecule has 1 aliphatic heterocycles. The van der Waals surface area contributed by atoms with E-state index in [1.807, 2.05) is 0 Å². The van der Waals surface area contributed by atoms with Crippen molar-refractivity contribution in [2.45, 2.75) is 32.2 Å². The number of pyridine rings is 1. The van der Waals surface area contributed by atoms with Gasteiger partial charge in [0, 0.05) is 6.20 Å². The van der Waals surface area contributed by atoms with Gasteiger partial charge in [-0.15, -0.1) is 10.2 Å². The van der Waals surface area contributed by atoms with Gasteiger partial charge in [0.2, 0.25) is 0 Å². The Balaban J connectivity index is 2.08. The van der Waals surface area contributed by atoms with Crippen LogP contribution in [0, 0.1) is 6.92 Å². The number of hydrogen-bond acceptors (Lipinski definition) is 3. The molecule has 4 nitrogen and oxygen atoms in total. The Bertz CT molecular complexity index is 531. The Morgan fingerprint density at radius 1 is 1.29 bits per heavy atom. The van der Waals surface area contributed by atoms with Gasteiger partial charge < -0.3 is 0 Å². The zero-order valence-electron chi connectivity index (χ0n) is 10.4. The van der Waals surface area contributed by atoms with Crippen molar-refractivity contribution in [3.05, 3.63) is 29.7 Å². The number of nitrogens with zero attached hydrogens (tertiary/aromatic N) is 4. The number of hydrogen-bond donors (Lipinski definition) is 0. The van der Waals surface area contributed by atoms with Crippen molar-refractivity contribution < 1.29 is 0 Å². The molecule has 0 bridgehead atoms. The lowest BCUT2D eigenvalue weighted by molar-refractivity contribution is 0.178. The minimum absolute atomic E-state index is 0.417. The van der Waals surface area contributed by atoms with E-state index in [0.717, 1.165) is 18.0 Å².